The van der Waals surface area contributed by atoms with Crippen molar-refractivity contribution in [1.29, 1.82) is 0 Å². The first-order valence-electron chi connectivity index (χ1n) is 12.1. The van der Waals surface area contributed by atoms with Crippen LogP contribution in [0.15, 0.2) is 78.9 Å². The van der Waals surface area contributed by atoms with Gasteiger partial charge in [-0.05, 0) is 42.2 Å². The van der Waals surface area contributed by atoms with Crippen molar-refractivity contribution in [1.82, 2.24) is 10.2 Å². The van der Waals surface area contributed by atoms with Crippen molar-refractivity contribution in [2.45, 2.75) is 57.2 Å². The van der Waals surface area contributed by atoms with Crippen LogP contribution in [0.2, 0.25) is 5.02 Å². The van der Waals surface area contributed by atoms with Crippen LogP contribution in [0.4, 0.5) is 4.39 Å². The summed E-state index contributed by atoms with van der Waals surface area (Å²) in [4.78, 5) is 28.8. The SMILES string of the molecule is O=C(NC1CCCC1)[C@H](Cc1ccccc1)N(Cc1ccccc1F)C(=O)Cc1cccc(Cl)c1. The monoisotopic (exact) mass is 492 g/mol. The minimum Gasteiger partial charge on any atom is -0.352 e. The summed E-state index contributed by atoms with van der Waals surface area (Å²) in [6.07, 6.45) is 4.45. The first-order chi connectivity index (χ1) is 17.0. The number of hydrogen-bond donors (Lipinski definition) is 1. The van der Waals surface area contributed by atoms with Crippen LogP contribution in [0.1, 0.15) is 42.4 Å². The van der Waals surface area contributed by atoms with Gasteiger partial charge in [0, 0.05) is 29.6 Å². The molecule has 0 radical (unpaired) electrons. The molecule has 1 N–H and O–H groups in total. The lowest BCUT2D eigenvalue weighted by Gasteiger charge is -2.32. The molecule has 0 aromatic heterocycles. The van der Waals surface area contributed by atoms with Gasteiger partial charge < -0.3 is 10.2 Å². The third kappa shape index (κ3) is 6.92. The lowest BCUT2D eigenvalue weighted by Crippen LogP contribution is -2.52. The van der Waals surface area contributed by atoms with Gasteiger partial charge in [0.15, 0.2) is 0 Å². The molecule has 1 aliphatic carbocycles. The van der Waals surface area contributed by atoms with Crippen LogP contribution in [-0.2, 0) is 29.0 Å². The number of carbonyl (C=O) groups excluding carboxylic acids is 2. The third-order valence-electron chi connectivity index (χ3n) is 6.52. The molecular formula is C29H30ClFN2O2. The highest BCUT2D eigenvalue weighted by Gasteiger charge is 2.32. The molecule has 0 heterocycles. The van der Waals surface area contributed by atoms with Gasteiger partial charge >= 0.3 is 0 Å². The second-order valence-corrected chi connectivity index (χ2v) is 9.55. The van der Waals surface area contributed by atoms with Crippen LogP contribution >= 0.6 is 11.6 Å². The Labute approximate surface area is 211 Å². The average molecular weight is 493 g/mol. The zero-order valence-corrected chi connectivity index (χ0v) is 20.4. The van der Waals surface area contributed by atoms with Gasteiger partial charge in [-0.25, -0.2) is 4.39 Å². The lowest BCUT2D eigenvalue weighted by atomic mass is 10.0. The molecule has 182 valence electrons. The number of rotatable bonds is 9. The van der Waals surface area contributed by atoms with E-state index in [2.05, 4.69) is 5.32 Å². The van der Waals surface area contributed by atoms with Crippen molar-refractivity contribution in [3.8, 4) is 0 Å². The van der Waals surface area contributed by atoms with Crippen molar-refractivity contribution in [3.05, 3.63) is 106 Å². The van der Waals surface area contributed by atoms with Gasteiger partial charge in [0.1, 0.15) is 11.9 Å². The van der Waals surface area contributed by atoms with Gasteiger partial charge in [-0.2, -0.15) is 0 Å². The van der Waals surface area contributed by atoms with E-state index in [0.717, 1.165) is 36.8 Å². The van der Waals surface area contributed by atoms with Crippen molar-refractivity contribution in [3.63, 3.8) is 0 Å². The topological polar surface area (TPSA) is 49.4 Å². The normalized spacial score (nSPS) is 14.5. The summed E-state index contributed by atoms with van der Waals surface area (Å²) in [6, 6.07) is 22.5. The Bertz CT molecular complexity index is 1150. The van der Waals surface area contributed by atoms with Crippen molar-refractivity contribution in [2.75, 3.05) is 0 Å². The maximum Gasteiger partial charge on any atom is 0.243 e. The van der Waals surface area contributed by atoms with E-state index < -0.39 is 11.9 Å². The molecule has 0 saturated heterocycles. The summed E-state index contributed by atoms with van der Waals surface area (Å²) in [6.45, 7) is 0.00165. The number of amides is 2. The minimum absolute atomic E-state index is 0.00165. The number of carbonyl (C=O) groups is 2. The Morgan fingerprint density at radius 2 is 1.63 bits per heavy atom. The standard InChI is InChI=1S/C29H30ClFN2O2/c30-24-13-8-11-22(17-24)19-28(34)33(20-23-12-4-7-16-26(23)31)27(18-21-9-2-1-3-10-21)29(35)32-25-14-5-6-15-25/h1-4,7-13,16-17,25,27H,5-6,14-15,18-20H2,(H,32,35)/t27-/m0/s1. The first kappa shape index (κ1) is 24.9. The summed E-state index contributed by atoms with van der Waals surface area (Å²) >= 11 is 6.14. The van der Waals surface area contributed by atoms with Gasteiger partial charge in [0.2, 0.25) is 11.8 Å². The number of nitrogens with zero attached hydrogens (tertiary/aromatic N) is 1. The van der Waals surface area contributed by atoms with Crippen LogP contribution in [-0.4, -0.2) is 28.8 Å². The van der Waals surface area contributed by atoms with Crippen LogP contribution in [0, 0.1) is 5.82 Å². The predicted octanol–water partition coefficient (Wildman–Crippen LogP) is 5.72. The number of hydrogen-bond acceptors (Lipinski definition) is 2. The minimum atomic E-state index is -0.774. The van der Waals surface area contributed by atoms with Crippen molar-refractivity contribution in [2.24, 2.45) is 0 Å². The molecule has 0 bridgehead atoms. The fourth-order valence-corrected chi connectivity index (χ4v) is 4.87. The highest BCUT2D eigenvalue weighted by Crippen LogP contribution is 2.21. The quantitative estimate of drug-likeness (QED) is 0.415. The number of halogens is 2. The Morgan fingerprint density at radius 3 is 2.34 bits per heavy atom. The second-order valence-electron chi connectivity index (χ2n) is 9.12. The Kier molecular flexibility index (Phi) is 8.54. The molecule has 4 nitrogen and oxygen atoms in total. The molecular weight excluding hydrogens is 463 g/mol. The van der Waals surface area contributed by atoms with Crippen LogP contribution in [0.25, 0.3) is 0 Å². The maximum atomic E-state index is 14.7. The van der Waals surface area contributed by atoms with E-state index in [4.69, 9.17) is 11.6 Å². The van der Waals surface area contributed by atoms with Gasteiger partial charge in [-0.15, -0.1) is 0 Å². The van der Waals surface area contributed by atoms with Crippen LogP contribution < -0.4 is 5.32 Å². The fourth-order valence-electron chi connectivity index (χ4n) is 4.65. The molecule has 35 heavy (non-hydrogen) atoms. The van der Waals surface area contributed by atoms with Gasteiger partial charge in [-0.3, -0.25) is 9.59 Å². The van der Waals surface area contributed by atoms with E-state index in [9.17, 15) is 14.0 Å². The zero-order chi connectivity index (χ0) is 24.6. The summed E-state index contributed by atoms with van der Waals surface area (Å²) in [7, 11) is 0. The van der Waals surface area contributed by atoms with Crippen molar-refractivity contribution < 1.29 is 14.0 Å². The van der Waals surface area contributed by atoms with E-state index in [1.54, 1.807) is 36.4 Å². The molecule has 1 fully saturated rings. The Hall–Kier alpha value is -3.18. The maximum absolute atomic E-state index is 14.7. The fraction of sp³-hybridized carbons (Fsp3) is 0.310. The van der Waals surface area contributed by atoms with E-state index in [1.165, 1.54) is 11.0 Å². The Balaban J connectivity index is 1.67. The molecule has 4 rings (SSSR count). The molecule has 2 amide bonds. The smallest absolute Gasteiger partial charge is 0.243 e. The van der Waals surface area contributed by atoms with E-state index in [-0.39, 0.29) is 30.8 Å². The van der Waals surface area contributed by atoms with E-state index in [0.29, 0.717) is 17.0 Å². The van der Waals surface area contributed by atoms with E-state index in [1.807, 2.05) is 36.4 Å². The van der Waals surface area contributed by atoms with Crippen LogP contribution in [0.5, 0.6) is 0 Å². The highest BCUT2D eigenvalue weighted by molar-refractivity contribution is 6.30. The van der Waals surface area contributed by atoms with Gasteiger partial charge in [0.25, 0.3) is 0 Å². The molecule has 0 unspecified atom stereocenters. The summed E-state index contributed by atoms with van der Waals surface area (Å²) in [5, 5.41) is 3.70. The molecule has 1 atom stereocenters. The first-order valence-corrected chi connectivity index (χ1v) is 12.5. The molecule has 0 spiro atoms. The third-order valence-corrected chi connectivity index (χ3v) is 6.75. The molecule has 3 aromatic carbocycles. The molecule has 1 aliphatic rings. The second kappa shape index (κ2) is 12.0. The predicted molar refractivity (Wildman–Crippen MR) is 136 cm³/mol. The Morgan fingerprint density at radius 1 is 0.943 bits per heavy atom. The summed E-state index contributed by atoms with van der Waals surface area (Å²) in [5.74, 6) is -0.850. The van der Waals surface area contributed by atoms with E-state index >= 15 is 0 Å². The van der Waals surface area contributed by atoms with Crippen molar-refractivity contribution >= 4 is 23.4 Å². The number of benzene rings is 3. The highest BCUT2D eigenvalue weighted by atomic mass is 35.5. The zero-order valence-electron chi connectivity index (χ0n) is 19.6. The van der Waals surface area contributed by atoms with Gasteiger partial charge in [-0.1, -0.05) is 85.1 Å². The molecule has 1 saturated carbocycles. The van der Waals surface area contributed by atoms with Gasteiger partial charge in [0.05, 0.1) is 6.42 Å². The van der Waals surface area contributed by atoms with Crippen LogP contribution in [0.3, 0.4) is 0 Å². The largest absolute Gasteiger partial charge is 0.352 e. The molecule has 6 heteroatoms. The molecule has 3 aromatic rings. The summed E-state index contributed by atoms with van der Waals surface area (Å²) < 4.78 is 14.7. The average Bonchev–Trinajstić information content (AvgIpc) is 3.36. The number of nitrogens with one attached hydrogen (secondary N) is 1. The molecule has 0 aliphatic heterocycles. The lowest BCUT2D eigenvalue weighted by molar-refractivity contribution is -0.141. The summed E-state index contributed by atoms with van der Waals surface area (Å²) in [5.41, 5.74) is 2.06.